The first-order valence-electron chi connectivity index (χ1n) is 18.7. The van der Waals surface area contributed by atoms with Gasteiger partial charge in [0.25, 0.3) is 0 Å². The minimum atomic E-state index is -0.965. The summed E-state index contributed by atoms with van der Waals surface area (Å²) in [5, 5.41) is 21.6. The summed E-state index contributed by atoms with van der Waals surface area (Å²) in [6, 6.07) is 12.4. The molecule has 54 heavy (non-hydrogen) atoms. The van der Waals surface area contributed by atoms with Crippen LogP contribution in [0.25, 0.3) is 32.8 Å². The van der Waals surface area contributed by atoms with E-state index >= 15 is 4.39 Å². The lowest BCUT2D eigenvalue weighted by atomic mass is 9.96. The van der Waals surface area contributed by atoms with Gasteiger partial charge in [0.1, 0.15) is 35.4 Å². The maximum atomic E-state index is 17.1. The van der Waals surface area contributed by atoms with Gasteiger partial charge in [0.15, 0.2) is 5.82 Å². The van der Waals surface area contributed by atoms with Crippen LogP contribution >= 0.6 is 11.6 Å². The van der Waals surface area contributed by atoms with Crippen LogP contribution in [0.5, 0.6) is 11.8 Å². The van der Waals surface area contributed by atoms with Crippen LogP contribution in [0.1, 0.15) is 52.9 Å². The molecule has 288 valence electrons. The average molecular weight is 764 g/mol. The molecule has 0 bridgehead atoms. The highest BCUT2D eigenvalue weighted by atomic mass is 35.5. The Kier molecular flexibility index (Phi) is 11.0. The molecule has 2 aliphatic heterocycles. The molecule has 2 N–H and O–H groups in total. The number of halogens is 2. The quantitative estimate of drug-likeness (QED) is 0.180. The summed E-state index contributed by atoms with van der Waals surface area (Å²) in [6.07, 6.45) is 3.88. The zero-order chi connectivity index (χ0) is 38.1. The fourth-order valence-corrected chi connectivity index (χ4v) is 8.28. The molecule has 1 saturated carbocycles. The Hall–Kier alpha value is -4.46. The number of carboxylic acid groups (broad SMARTS) is 1. The Morgan fingerprint density at radius 1 is 0.963 bits per heavy atom. The van der Waals surface area contributed by atoms with Crippen molar-refractivity contribution in [3.8, 4) is 22.9 Å². The first kappa shape index (κ1) is 37.8. The van der Waals surface area contributed by atoms with Crippen molar-refractivity contribution >= 4 is 51.2 Å². The summed E-state index contributed by atoms with van der Waals surface area (Å²) in [7, 11) is 0. The average Bonchev–Trinajstić information content (AvgIpc) is 3.59. The number of hydrogen-bond donors (Lipinski definition) is 2. The van der Waals surface area contributed by atoms with Crippen LogP contribution in [0, 0.1) is 11.7 Å². The van der Waals surface area contributed by atoms with Crippen molar-refractivity contribution in [1.29, 1.82) is 0 Å². The third-order valence-electron chi connectivity index (χ3n) is 10.6. The van der Waals surface area contributed by atoms with E-state index in [4.69, 9.17) is 40.9 Å². The molecule has 2 saturated heterocycles. The Morgan fingerprint density at radius 3 is 2.43 bits per heavy atom. The molecule has 0 spiro atoms. The van der Waals surface area contributed by atoms with Crippen LogP contribution < -0.4 is 9.64 Å². The van der Waals surface area contributed by atoms with Gasteiger partial charge in [-0.2, -0.15) is 9.97 Å². The lowest BCUT2D eigenvalue weighted by molar-refractivity contribution is -0.142. The predicted octanol–water partition coefficient (Wildman–Crippen LogP) is 7.12. The summed E-state index contributed by atoms with van der Waals surface area (Å²) >= 11 is 6.93. The van der Waals surface area contributed by atoms with Crippen LogP contribution in [0.2, 0.25) is 5.02 Å². The van der Waals surface area contributed by atoms with Crippen molar-refractivity contribution in [2.45, 2.75) is 70.6 Å². The summed E-state index contributed by atoms with van der Waals surface area (Å²) in [6.45, 7) is 8.91. The fraction of sp³-hybridized carbons (Fsp3) is 0.500. The van der Waals surface area contributed by atoms with Crippen LogP contribution in [0.3, 0.4) is 0 Å². The number of carbonyl (C=O) groups is 2. The molecule has 7 rings (SSSR count). The van der Waals surface area contributed by atoms with E-state index in [1.54, 1.807) is 17.0 Å². The molecular formula is C40H47ClFN5O7. The number of aromatic hydroxyl groups is 1. The summed E-state index contributed by atoms with van der Waals surface area (Å²) in [4.78, 5) is 39.5. The zero-order valence-electron chi connectivity index (χ0n) is 30.9. The third-order valence-corrected chi connectivity index (χ3v) is 10.9. The number of anilines is 1. The monoisotopic (exact) mass is 763 g/mol. The van der Waals surface area contributed by atoms with Gasteiger partial charge in [0.05, 0.1) is 11.6 Å². The largest absolute Gasteiger partial charge is 0.508 e. The molecule has 3 aromatic carbocycles. The minimum Gasteiger partial charge on any atom is -0.508 e. The number of carboxylic acids is 1. The van der Waals surface area contributed by atoms with Crippen molar-refractivity contribution < 1.29 is 38.4 Å². The lowest BCUT2D eigenvalue weighted by Gasteiger charge is -2.38. The number of nitrogens with zero attached hydrogens (tertiary/aromatic N) is 5. The number of phenols is 1. The number of rotatable bonds is 9. The van der Waals surface area contributed by atoms with Crippen molar-refractivity contribution in [3.05, 3.63) is 53.3 Å². The van der Waals surface area contributed by atoms with E-state index in [-0.39, 0.29) is 52.7 Å². The topological polar surface area (TPSA) is 138 Å². The Bertz CT molecular complexity index is 2030. The van der Waals surface area contributed by atoms with Gasteiger partial charge in [-0.1, -0.05) is 35.9 Å². The number of piperidine rings is 1. The smallest absolute Gasteiger partial charge is 0.410 e. The molecule has 3 fully saturated rings. The van der Waals surface area contributed by atoms with E-state index in [1.165, 1.54) is 6.07 Å². The lowest BCUT2D eigenvalue weighted by Crippen LogP contribution is -2.50. The van der Waals surface area contributed by atoms with E-state index in [1.807, 2.05) is 49.9 Å². The van der Waals surface area contributed by atoms with Crippen LogP contribution in [-0.2, 0) is 14.3 Å². The highest BCUT2D eigenvalue weighted by Gasteiger charge is 2.37. The zero-order valence-corrected chi connectivity index (χ0v) is 31.6. The molecule has 0 radical (unpaired) electrons. The molecule has 1 aliphatic carbocycles. The molecular weight excluding hydrogens is 717 g/mol. The van der Waals surface area contributed by atoms with Crippen molar-refractivity contribution in [2.24, 2.45) is 5.92 Å². The molecule has 12 nitrogen and oxygen atoms in total. The Labute approximate surface area is 318 Å². The van der Waals surface area contributed by atoms with E-state index in [0.29, 0.717) is 55.5 Å². The number of amides is 1. The molecule has 2 atom stereocenters. The molecule has 14 heteroatoms. The van der Waals surface area contributed by atoms with Gasteiger partial charge >= 0.3 is 18.1 Å². The molecule has 4 aromatic rings. The number of hydrogen-bond acceptors (Lipinski definition) is 10. The number of phenolic OH excluding ortho intramolecular Hbond substituents is 1. The molecule has 1 amide bonds. The molecule has 1 aromatic heterocycles. The van der Waals surface area contributed by atoms with Gasteiger partial charge in [0.2, 0.25) is 0 Å². The van der Waals surface area contributed by atoms with E-state index in [2.05, 4.69) is 4.90 Å². The molecule has 3 aliphatic rings. The maximum absolute atomic E-state index is 17.1. The summed E-state index contributed by atoms with van der Waals surface area (Å²) in [5.41, 5.74) is -0.0134. The second kappa shape index (κ2) is 15.7. The van der Waals surface area contributed by atoms with Crippen molar-refractivity contribution in [3.63, 3.8) is 0 Å². The fourth-order valence-electron chi connectivity index (χ4n) is 7.99. The van der Waals surface area contributed by atoms with Crippen LogP contribution in [-0.4, -0.2) is 112 Å². The number of benzene rings is 3. The summed E-state index contributed by atoms with van der Waals surface area (Å²) in [5.74, 6) is -0.865. The van der Waals surface area contributed by atoms with Gasteiger partial charge in [-0.15, -0.1) is 0 Å². The normalized spacial score (nSPS) is 20.2. The third kappa shape index (κ3) is 8.28. The highest BCUT2D eigenvalue weighted by Crippen LogP contribution is 2.43. The van der Waals surface area contributed by atoms with Crippen LogP contribution in [0.4, 0.5) is 15.0 Å². The SMILES string of the molecule is CC(C)(C)OC(=O)N1CCN(c2nc(O[C@@H]3CCC[C@H]3N3CCC(COCC(=O)O)CC3)nc3c(F)c(-c4cc(O)cc5ccccc45)c(Cl)cc23)CC1. The number of fused-ring (bicyclic) bond motifs is 2. The standard InChI is InChI=1S/C40H47ClFN5O7/c1-40(2,3)54-39(51)47-17-15-46(16-18-47)37-29-21-30(41)34(28-20-26(48)19-25-7-4-5-8-27(25)28)35(42)36(29)43-38(44-37)53-32-10-6-9-31(32)45-13-11-24(12-14-45)22-52-23-33(49)50/h4-5,7-8,19-21,24,31-32,48H,6,9-18,22-23H2,1-3H3,(H,49,50)/t31-,32-/m1/s1. The van der Waals surface area contributed by atoms with Gasteiger partial charge in [-0.05, 0) is 106 Å². The van der Waals surface area contributed by atoms with E-state index in [0.717, 1.165) is 56.0 Å². The number of likely N-dealkylation sites (tertiary alicyclic amines) is 1. The highest BCUT2D eigenvalue weighted by molar-refractivity contribution is 6.35. The predicted molar refractivity (Wildman–Crippen MR) is 204 cm³/mol. The minimum absolute atomic E-state index is 0.0152. The van der Waals surface area contributed by atoms with Crippen molar-refractivity contribution in [1.82, 2.24) is 19.8 Å². The first-order valence-corrected chi connectivity index (χ1v) is 19.1. The second-order valence-corrected chi connectivity index (χ2v) is 15.9. The molecule has 0 unspecified atom stereocenters. The number of aromatic nitrogens is 2. The van der Waals surface area contributed by atoms with Crippen LogP contribution in [0.15, 0.2) is 42.5 Å². The Morgan fingerprint density at radius 2 is 1.70 bits per heavy atom. The van der Waals surface area contributed by atoms with Crippen molar-refractivity contribution in [2.75, 3.05) is 57.4 Å². The van der Waals surface area contributed by atoms with Gasteiger partial charge < -0.3 is 34.2 Å². The first-order chi connectivity index (χ1) is 25.8. The van der Waals surface area contributed by atoms with Gasteiger partial charge in [-0.3, -0.25) is 4.90 Å². The van der Waals surface area contributed by atoms with Gasteiger partial charge in [0, 0.05) is 43.2 Å². The summed E-state index contributed by atoms with van der Waals surface area (Å²) < 4.78 is 34.7. The number of ether oxygens (including phenoxy) is 3. The second-order valence-electron chi connectivity index (χ2n) is 15.5. The number of aliphatic carboxylic acids is 1. The van der Waals surface area contributed by atoms with Gasteiger partial charge in [-0.25, -0.2) is 14.0 Å². The number of piperazine rings is 1. The molecule has 3 heterocycles. The van der Waals surface area contributed by atoms with E-state index in [9.17, 15) is 14.7 Å². The van der Waals surface area contributed by atoms with E-state index < -0.39 is 17.4 Å². The number of carbonyl (C=O) groups excluding carboxylic acids is 1. The maximum Gasteiger partial charge on any atom is 0.410 e. The Balaban J connectivity index is 1.21.